The van der Waals surface area contributed by atoms with Crippen LogP contribution < -0.4 is 10.2 Å². The van der Waals surface area contributed by atoms with Crippen LogP contribution in [-0.4, -0.2) is 30.6 Å². The van der Waals surface area contributed by atoms with Gasteiger partial charge in [0, 0.05) is 38.1 Å². The number of aromatic nitrogens is 2. The molecule has 0 bridgehead atoms. The van der Waals surface area contributed by atoms with E-state index in [1.54, 1.807) is 0 Å². The molecule has 3 rings (SSSR count). The first-order valence-electron chi connectivity index (χ1n) is 6.74. The molecule has 0 saturated carbocycles. The highest BCUT2D eigenvalue weighted by Gasteiger charge is 2.15. The quantitative estimate of drug-likeness (QED) is 0.813. The Morgan fingerprint density at radius 1 is 1.35 bits per heavy atom. The summed E-state index contributed by atoms with van der Waals surface area (Å²) in [7, 11) is 4.04. The first-order valence-corrected chi connectivity index (χ1v) is 7.81. The average Bonchev–Trinajstić information content (AvgIpc) is 2.47. The van der Waals surface area contributed by atoms with Crippen molar-refractivity contribution in [2.24, 2.45) is 0 Å². The molecule has 2 heterocycles. The van der Waals surface area contributed by atoms with Crippen molar-refractivity contribution in [3.8, 4) is 11.4 Å². The Morgan fingerprint density at radius 3 is 3.00 bits per heavy atom. The van der Waals surface area contributed by atoms with Crippen molar-refractivity contribution < 1.29 is 0 Å². The van der Waals surface area contributed by atoms with Gasteiger partial charge >= 0.3 is 0 Å². The zero-order valence-corrected chi connectivity index (χ0v) is 13.8. The Morgan fingerprint density at radius 2 is 2.20 bits per heavy atom. The van der Waals surface area contributed by atoms with Gasteiger partial charge < -0.3 is 10.2 Å². The maximum Gasteiger partial charge on any atom is 0.161 e. The molecule has 0 saturated heterocycles. The molecule has 0 spiro atoms. The third-order valence-corrected chi connectivity index (χ3v) is 4.46. The van der Waals surface area contributed by atoms with Gasteiger partial charge in [0.2, 0.25) is 0 Å². The number of hydrogen-bond acceptors (Lipinski definition) is 4. The fraction of sp³-hybridized carbons (Fsp3) is 0.333. The molecular weight excluding hydrogens is 363 g/mol. The van der Waals surface area contributed by atoms with Gasteiger partial charge in [0.1, 0.15) is 5.82 Å². The number of aryl methyl sites for hydroxylation is 1. The van der Waals surface area contributed by atoms with E-state index in [4.69, 9.17) is 0 Å². The first kappa shape index (κ1) is 13.6. The Balaban J connectivity index is 2.02. The van der Waals surface area contributed by atoms with Gasteiger partial charge in [-0.3, -0.25) is 0 Å². The largest absolute Gasteiger partial charge is 0.374 e. The average molecular weight is 380 g/mol. The number of hydrogen-bond donors (Lipinski definition) is 1. The summed E-state index contributed by atoms with van der Waals surface area (Å²) >= 11 is 2.24. The van der Waals surface area contributed by atoms with Gasteiger partial charge in [0.25, 0.3) is 0 Å². The first-order chi connectivity index (χ1) is 9.69. The second-order valence-electron chi connectivity index (χ2n) is 5.01. The minimum atomic E-state index is 0.783. The number of fused-ring (bicyclic) bond motifs is 1. The molecule has 1 N–H and O–H groups in total. The second-order valence-corrected chi connectivity index (χ2v) is 6.17. The summed E-state index contributed by atoms with van der Waals surface area (Å²) in [5, 5.41) is 3.11. The van der Waals surface area contributed by atoms with Crippen LogP contribution in [0.4, 0.5) is 11.5 Å². The maximum absolute atomic E-state index is 4.59. The van der Waals surface area contributed by atoms with Crippen LogP contribution in [-0.2, 0) is 6.42 Å². The van der Waals surface area contributed by atoms with Crippen molar-refractivity contribution in [1.29, 1.82) is 0 Å². The highest BCUT2D eigenvalue weighted by atomic mass is 127. The Hall–Kier alpha value is -1.37. The number of benzene rings is 1. The molecule has 0 atom stereocenters. The Labute approximate surface area is 132 Å². The van der Waals surface area contributed by atoms with E-state index in [0.717, 1.165) is 33.7 Å². The number of nitrogens with zero attached hydrogens (tertiary/aromatic N) is 3. The van der Waals surface area contributed by atoms with Gasteiger partial charge in [0.15, 0.2) is 5.82 Å². The van der Waals surface area contributed by atoms with E-state index in [2.05, 4.69) is 68.0 Å². The van der Waals surface area contributed by atoms with Gasteiger partial charge in [-0.2, -0.15) is 0 Å². The van der Waals surface area contributed by atoms with Crippen LogP contribution in [0.5, 0.6) is 0 Å². The molecule has 0 amide bonds. The highest BCUT2D eigenvalue weighted by molar-refractivity contribution is 14.1. The van der Waals surface area contributed by atoms with Crippen molar-refractivity contribution in [3.63, 3.8) is 0 Å². The lowest BCUT2D eigenvalue weighted by Gasteiger charge is -2.27. The molecule has 1 aliphatic rings. The zero-order chi connectivity index (χ0) is 14.1. The van der Waals surface area contributed by atoms with Crippen LogP contribution >= 0.6 is 22.6 Å². The summed E-state index contributed by atoms with van der Waals surface area (Å²) in [4.78, 5) is 11.4. The predicted octanol–water partition coefficient (Wildman–Crippen LogP) is 3.17. The van der Waals surface area contributed by atoms with Gasteiger partial charge in [-0.1, -0.05) is 0 Å². The fourth-order valence-corrected chi connectivity index (χ4v) is 3.14. The summed E-state index contributed by atoms with van der Waals surface area (Å²) in [6, 6.07) is 6.53. The normalized spacial score (nSPS) is 14.1. The molecule has 5 heteroatoms. The third kappa shape index (κ3) is 2.46. The van der Waals surface area contributed by atoms with Crippen molar-refractivity contribution in [2.45, 2.75) is 12.8 Å². The van der Waals surface area contributed by atoms with E-state index in [0.29, 0.717) is 0 Å². The predicted molar refractivity (Wildman–Crippen MR) is 91.3 cm³/mol. The molecular formula is C15H17IN4. The van der Waals surface area contributed by atoms with E-state index in [1.165, 1.54) is 17.7 Å². The summed E-state index contributed by atoms with van der Waals surface area (Å²) in [6.45, 7) is 1.14. The van der Waals surface area contributed by atoms with Gasteiger partial charge in [-0.15, -0.1) is 0 Å². The standard InChI is InChI=1S/C15H17IN4/c1-17-15-12(16)9-18-14(19-15)11-5-6-13-10(8-11)4-3-7-20(13)2/h5-6,8-9H,3-4,7H2,1-2H3,(H,17,18,19). The summed E-state index contributed by atoms with van der Waals surface area (Å²) in [5.74, 6) is 1.66. The van der Waals surface area contributed by atoms with Gasteiger partial charge in [0.05, 0.1) is 3.57 Å². The van der Waals surface area contributed by atoms with E-state index in [1.807, 2.05) is 13.2 Å². The van der Waals surface area contributed by atoms with Crippen LogP contribution in [0.15, 0.2) is 24.4 Å². The number of rotatable bonds is 2. The molecule has 0 aliphatic carbocycles. The third-order valence-electron chi connectivity index (χ3n) is 3.67. The SMILES string of the molecule is CNc1nc(-c2ccc3c(c2)CCCN3C)ncc1I. The minimum Gasteiger partial charge on any atom is -0.374 e. The molecule has 4 nitrogen and oxygen atoms in total. The summed E-state index contributed by atoms with van der Waals surface area (Å²) in [6.07, 6.45) is 4.21. The fourth-order valence-electron chi connectivity index (χ4n) is 2.61. The minimum absolute atomic E-state index is 0.783. The Bertz CT molecular complexity index is 642. The molecule has 104 valence electrons. The highest BCUT2D eigenvalue weighted by Crippen LogP contribution is 2.30. The molecule has 0 radical (unpaired) electrons. The number of halogens is 1. The topological polar surface area (TPSA) is 41.1 Å². The lowest BCUT2D eigenvalue weighted by atomic mass is 9.99. The molecule has 20 heavy (non-hydrogen) atoms. The van der Waals surface area contributed by atoms with Crippen molar-refractivity contribution in [1.82, 2.24) is 9.97 Å². The van der Waals surface area contributed by atoms with Crippen LogP contribution in [0, 0.1) is 3.57 Å². The van der Waals surface area contributed by atoms with Crippen LogP contribution in [0.1, 0.15) is 12.0 Å². The summed E-state index contributed by atoms with van der Waals surface area (Å²) in [5.41, 5.74) is 3.82. The number of anilines is 2. The van der Waals surface area contributed by atoms with E-state index < -0.39 is 0 Å². The smallest absolute Gasteiger partial charge is 0.161 e. The zero-order valence-electron chi connectivity index (χ0n) is 11.7. The molecule has 1 aliphatic heterocycles. The molecule has 0 unspecified atom stereocenters. The Kier molecular flexibility index (Phi) is 3.78. The van der Waals surface area contributed by atoms with Crippen molar-refractivity contribution in [2.75, 3.05) is 30.9 Å². The number of nitrogens with one attached hydrogen (secondary N) is 1. The van der Waals surface area contributed by atoms with E-state index >= 15 is 0 Å². The molecule has 1 aromatic carbocycles. The van der Waals surface area contributed by atoms with Gasteiger partial charge in [-0.25, -0.2) is 9.97 Å². The lowest BCUT2D eigenvalue weighted by molar-refractivity contribution is 0.744. The molecule has 2 aromatic rings. The monoisotopic (exact) mass is 380 g/mol. The molecule has 0 fully saturated rings. The summed E-state index contributed by atoms with van der Waals surface area (Å²) < 4.78 is 1.03. The van der Waals surface area contributed by atoms with E-state index in [9.17, 15) is 0 Å². The van der Waals surface area contributed by atoms with Crippen molar-refractivity contribution >= 4 is 34.1 Å². The van der Waals surface area contributed by atoms with Crippen LogP contribution in [0.25, 0.3) is 11.4 Å². The maximum atomic E-state index is 4.59. The van der Waals surface area contributed by atoms with Gasteiger partial charge in [-0.05, 0) is 59.2 Å². The van der Waals surface area contributed by atoms with Crippen LogP contribution in [0.2, 0.25) is 0 Å². The van der Waals surface area contributed by atoms with Crippen LogP contribution in [0.3, 0.4) is 0 Å². The molecule has 1 aromatic heterocycles. The van der Waals surface area contributed by atoms with E-state index in [-0.39, 0.29) is 0 Å². The second kappa shape index (κ2) is 5.55. The lowest BCUT2D eigenvalue weighted by Crippen LogP contribution is -2.24. The van der Waals surface area contributed by atoms with Crippen molar-refractivity contribution in [3.05, 3.63) is 33.5 Å².